The number of hydrogen-bond donors (Lipinski definition) is 3. The summed E-state index contributed by atoms with van der Waals surface area (Å²) in [7, 11) is 0. The number of carbonyl (C=O) groups is 1. The average molecular weight is 457 g/mol. The van der Waals surface area contributed by atoms with Crippen molar-refractivity contribution in [1.82, 2.24) is 24.7 Å². The Hall–Kier alpha value is -3.24. The van der Waals surface area contributed by atoms with Gasteiger partial charge in [-0.15, -0.1) is 11.3 Å². The molecule has 11 heteroatoms. The summed E-state index contributed by atoms with van der Waals surface area (Å²) in [5.74, 6) is 0.702. The molecule has 0 spiro atoms. The Bertz CT molecular complexity index is 1200. The van der Waals surface area contributed by atoms with Crippen LogP contribution in [0.3, 0.4) is 0 Å². The van der Waals surface area contributed by atoms with Crippen LogP contribution in [0.25, 0.3) is 11.0 Å². The normalized spacial score (nSPS) is 11.1. The van der Waals surface area contributed by atoms with Crippen molar-refractivity contribution in [3.05, 3.63) is 52.9 Å². The molecule has 160 valence electrons. The molecule has 1 aromatic carbocycles. The van der Waals surface area contributed by atoms with Crippen LogP contribution in [0.15, 0.2) is 43.0 Å². The van der Waals surface area contributed by atoms with Crippen LogP contribution >= 0.6 is 22.9 Å². The fourth-order valence-electron chi connectivity index (χ4n) is 2.86. The number of nitrogens with one attached hydrogen (secondary N) is 3. The molecule has 3 heterocycles. The fraction of sp³-hybridized carbons (Fsp3) is 0.250. The standard InChI is InChI=1S/C20H21ClN8OS/c1-12(2)29-10-16-17(28-29)18(25-11-24-16)22-7-6-15-9-23-20(31-15)27-19(30)26-14-5-3-4-13(21)8-14/h3-5,8-12H,6-7H2,1-2H3,(H,22,24,25)(H2,23,26,27,30). The molecule has 3 aromatic heterocycles. The summed E-state index contributed by atoms with van der Waals surface area (Å²) in [4.78, 5) is 26.0. The predicted molar refractivity (Wildman–Crippen MR) is 124 cm³/mol. The molecule has 0 atom stereocenters. The molecule has 4 rings (SSSR count). The maximum absolute atomic E-state index is 12.1. The molecule has 0 aliphatic carbocycles. The average Bonchev–Trinajstić information content (AvgIpc) is 3.35. The zero-order chi connectivity index (χ0) is 21.8. The lowest BCUT2D eigenvalue weighted by atomic mass is 10.3. The van der Waals surface area contributed by atoms with Crippen LogP contribution in [0.5, 0.6) is 0 Å². The molecule has 31 heavy (non-hydrogen) atoms. The van der Waals surface area contributed by atoms with Gasteiger partial charge in [-0.3, -0.25) is 10.00 Å². The molecule has 0 fully saturated rings. The number of nitrogens with zero attached hydrogens (tertiary/aromatic N) is 5. The number of carbonyl (C=O) groups excluding carboxylic acids is 1. The van der Waals surface area contributed by atoms with Gasteiger partial charge in [0.1, 0.15) is 11.8 Å². The van der Waals surface area contributed by atoms with E-state index in [9.17, 15) is 4.79 Å². The van der Waals surface area contributed by atoms with E-state index in [-0.39, 0.29) is 12.1 Å². The number of halogens is 1. The first-order valence-corrected chi connectivity index (χ1v) is 10.9. The van der Waals surface area contributed by atoms with Gasteiger partial charge >= 0.3 is 6.03 Å². The Morgan fingerprint density at radius 3 is 2.90 bits per heavy atom. The molecular formula is C20H21ClN8OS. The van der Waals surface area contributed by atoms with E-state index >= 15 is 0 Å². The SMILES string of the molecule is CC(C)n1cc2ncnc(NCCc3cnc(NC(=O)Nc4cccc(Cl)c4)s3)c2n1. The highest BCUT2D eigenvalue weighted by atomic mass is 35.5. The van der Waals surface area contributed by atoms with Gasteiger partial charge in [0.2, 0.25) is 0 Å². The van der Waals surface area contributed by atoms with E-state index in [1.807, 2.05) is 10.9 Å². The lowest BCUT2D eigenvalue weighted by Crippen LogP contribution is -2.19. The minimum absolute atomic E-state index is 0.251. The number of urea groups is 1. The number of benzene rings is 1. The maximum atomic E-state index is 12.1. The number of rotatable bonds is 7. The second-order valence-corrected chi connectivity index (χ2v) is 8.61. The first-order valence-electron chi connectivity index (χ1n) is 9.70. The monoisotopic (exact) mass is 456 g/mol. The van der Waals surface area contributed by atoms with E-state index < -0.39 is 0 Å². The van der Waals surface area contributed by atoms with Crippen molar-refractivity contribution < 1.29 is 4.79 Å². The van der Waals surface area contributed by atoms with Gasteiger partial charge in [-0.05, 0) is 32.0 Å². The van der Waals surface area contributed by atoms with Crippen LogP contribution < -0.4 is 16.0 Å². The molecule has 0 saturated carbocycles. The topological polar surface area (TPSA) is 110 Å². The molecule has 0 unspecified atom stereocenters. The Morgan fingerprint density at radius 1 is 1.23 bits per heavy atom. The Labute approximate surface area is 187 Å². The second kappa shape index (κ2) is 9.27. The smallest absolute Gasteiger partial charge is 0.325 e. The fourth-order valence-corrected chi connectivity index (χ4v) is 3.86. The Balaban J connectivity index is 1.31. The van der Waals surface area contributed by atoms with Gasteiger partial charge in [-0.1, -0.05) is 17.7 Å². The lowest BCUT2D eigenvalue weighted by molar-refractivity contribution is 0.262. The summed E-state index contributed by atoms with van der Waals surface area (Å²) < 4.78 is 1.88. The van der Waals surface area contributed by atoms with Crippen LogP contribution in [0, 0.1) is 0 Å². The Morgan fingerprint density at radius 2 is 2.10 bits per heavy atom. The summed E-state index contributed by atoms with van der Waals surface area (Å²) >= 11 is 7.35. The van der Waals surface area contributed by atoms with Crippen molar-refractivity contribution in [3.8, 4) is 0 Å². The second-order valence-electron chi connectivity index (χ2n) is 7.06. The van der Waals surface area contributed by atoms with Crippen molar-refractivity contribution >= 4 is 56.6 Å². The number of amides is 2. The molecule has 0 radical (unpaired) electrons. The molecule has 0 aliphatic heterocycles. The molecule has 4 aromatic rings. The third-order valence-corrected chi connectivity index (χ3v) is 5.58. The van der Waals surface area contributed by atoms with Gasteiger partial charge in [0.25, 0.3) is 0 Å². The van der Waals surface area contributed by atoms with Gasteiger partial charge in [-0.2, -0.15) is 5.10 Å². The zero-order valence-electron chi connectivity index (χ0n) is 17.0. The summed E-state index contributed by atoms with van der Waals surface area (Å²) in [6, 6.07) is 6.83. The molecule has 0 saturated heterocycles. The van der Waals surface area contributed by atoms with Crippen molar-refractivity contribution in [2.24, 2.45) is 0 Å². The van der Waals surface area contributed by atoms with Gasteiger partial charge in [0, 0.05) is 40.8 Å². The van der Waals surface area contributed by atoms with Crippen LogP contribution in [-0.2, 0) is 6.42 Å². The largest absolute Gasteiger partial charge is 0.368 e. The van der Waals surface area contributed by atoms with Crippen LogP contribution in [0.1, 0.15) is 24.8 Å². The highest BCUT2D eigenvalue weighted by Gasteiger charge is 2.11. The molecule has 3 N–H and O–H groups in total. The van der Waals surface area contributed by atoms with E-state index in [1.54, 1.807) is 30.5 Å². The molecule has 2 amide bonds. The van der Waals surface area contributed by atoms with Crippen molar-refractivity contribution in [2.45, 2.75) is 26.3 Å². The van der Waals surface area contributed by atoms with E-state index in [1.165, 1.54) is 17.7 Å². The number of anilines is 3. The molecule has 0 bridgehead atoms. The first-order chi connectivity index (χ1) is 15.0. The van der Waals surface area contributed by atoms with Gasteiger partial charge < -0.3 is 10.6 Å². The molecular weight excluding hydrogens is 436 g/mol. The minimum atomic E-state index is -0.370. The highest BCUT2D eigenvalue weighted by molar-refractivity contribution is 7.15. The third kappa shape index (κ3) is 5.28. The van der Waals surface area contributed by atoms with Gasteiger partial charge in [0.05, 0.1) is 6.20 Å². The Kier molecular flexibility index (Phi) is 6.28. The van der Waals surface area contributed by atoms with E-state index in [2.05, 4.69) is 49.8 Å². The van der Waals surface area contributed by atoms with Crippen LogP contribution in [0.2, 0.25) is 5.02 Å². The maximum Gasteiger partial charge on any atom is 0.325 e. The quantitative estimate of drug-likeness (QED) is 0.368. The van der Waals surface area contributed by atoms with Gasteiger partial charge in [-0.25, -0.2) is 19.7 Å². The van der Waals surface area contributed by atoms with E-state index in [0.29, 0.717) is 28.2 Å². The summed E-state index contributed by atoms with van der Waals surface area (Å²) in [6.45, 7) is 4.78. The summed E-state index contributed by atoms with van der Waals surface area (Å²) in [5, 5.41) is 14.4. The number of hydrogen-bond acceptors (Lipinski definition) is 7. The third-order valence-electron chi connectivity index (χ3n) is 4.37. The van der Waals surface area contributed by atoms with Crippen molar-refractivity contribution in [3.63, 3.8) is 0 Å². The summed E-state index contributed by atoms with van der Waals surface area (Å²) in [5.41, 5.74) is 2.17. The number of thiazole rings is 1. The predicted octanol–water partition coefficient (Wildman–Crippen LogP) is 4.82. The minimum Gasteiger partial charge on any atom is -0.368 e. The number of aromatic nitrogens is 5. The molecule has 0 aliphatic rings. The lowest BCUT2D eigenvalue weighted by Gasteiger charge is -2.05. The van der Waals surface area contributed by atoms with Crippen LogP contribution in [-0.4, -0.2) is 37.3 Å². The van der Waals surface area contributed by atoms with Crippen molar-refractivity contribution in [2.75, 3.05) is 22.5 Å². The summed E-state index contributed by atoms with van der Waals surface area (Å²) in [6.07, 6.45) is 5.93. The number of fused-ring (bicyclic) bond motifs is 1. The zero-order valence-corrected chi connectivity index (χ0v) is 18.5. The van der Waals surface area contributed by atoms with E-state index in [0.717, 1.165) is 22.3 Å². The highest BCUT2D eigenvalue weighted by Crippen LogP contribution is 2.22. The van der Waals surface area contributed by atoms with E-state index in [4.69, 9.17) is 11.6 Å². The molecule has 9 nitrogen and oxygen atoms in total. The van der Waals surface area contributed by atoms with Gasteiger partial charge in [0.15, 0.2) is 16.5 Å². The van der Waals surface area contributed by atoms with Crippen molar-refractivity contribution in [1.29, 1.82) is 0 Å². The first kappa shape index (κ1) is 21.0. The van der Waals surface area contributed by atoms with Crippen LogP contribution in [0.4, 0.5) is 21.4 Å².